The Kier molecular flexibility index (Phi) is 3.11. The molecule has 1 atom stereocenters. The molecule has 0 amide bonds. The van der Waals surface area contributed by atoms with Crippen molar-refractivity contribution >= 4 is 27.4 Å². The third kappa shape index (κ3) is 2.41. The molecule has 0 aliphatic carbocycles. The first-order valence-corrected chi connectivity index (χ1v) is 5.80. The normalized spacial score (nSPS) is 21.7. The van der Waals surface area contributed by atoms with Crippen LogP contribution >= 0.6 is 15.9 Å². The van der Waals surface area contributed by atoms with E-state index in [2.05, 4.69) is 20.9 Å². The van der Waals surface area contributed by atoms with Gasteiger partial charge in [-0.05, 0) is 34.8 Å². The van der Waals surface area contributed by atoms with Gasteiger partial charge in [0.2, 0.25) is 0 Å². The van der Waals surface area contributed by atoms with Crippen molar-refractivity contribution in [1.29, 1.82) is 0 Å². The molecule has 4 nitrogen and oxygen atoms in total. The number of anilines is 2. The van der Waals surface area contributed by atoms with Crippen molar-refractivity contribution in [2.24, 2.45) is 0 Å². The summed E-state index contributed by atoms with van der Waals surface area (Å²) < 4.78 is 0.876. The van der Waals surface area contributed by atoms with Crippen LogP contribution in [0, 0.1) is 0 Å². The molecule has 2 heterocycles. The van der Waals surface area contributed by atoms with Crippen LogP contribution in [0.1, 0.15) is 12.8 Å². The average molecular weight is 272 g/mol. The number of aromatic nitrogens is 1. The van der Waals surface area contributed by atoms with Crippen LogP contribution in [0.25, 0.3) is 0 Å². The van der Waals surface area contributed by atoms with E-state index in [0.717, 1.165) is 29.7 Å². The Morgan fingerprint density at radius 2 is 2.40 bits per heavy atom. The van der Waals surface area contributed by atoms with Gasteiger partial charge in [-0.2, -0.15) is 0 Å². The summed E-state index contributed by atoms with van der Waals surface area (Å²) in [5, 5.41) is 9.57. The zero-order valence-electron chi connectivity index (χ0n) is 8.36. The van der Waals surface area contributed by atoms with E-state index >= 15 is 0 Å². The molecule has 0 radical (unpaired) electrons. The number of aliphatic hydroxyl groups is 1. The highest BCUT2D eigenvalue weighted by Gasteiger charge is 2.20. The zero-order chi connectivity index (χ0) is 10.8. The molecule has 3 N–H and O–H groups in total. The fraction of sp³-hybridized carbons (Fsp3) is 0.500. The summed E-state index contributed by atoms with van der Waals surface area (Å²) in [4.78, 5) is 6.32. The maximum absolute atomic E-state index is 9.57. The molecule has 2 rings (SSSR count). The Morgan fingerprint density at radius 1 is 1.60 bits per heavy atom. The molecule has 1 aromatic heterocycles. The Balaban J connectivity index is 2.21. The minimum absolute atomic E-state index is 0.261. The first kappa shape index (κ1) is 10.7. The molecule has 15 heavy (non-hydrogen) atoms. The van der Waals surface area contributed by atoms with Crippen LogP contribution in [0.2, 0.25) is 0 Å². The first-order chi connectivity index (χ1) is 7.16. The van der Waals surface area contributed by atoms with Crippen molar-refractivity contribution in [1.82, 2.24) is 4.98 Å². The number of hydrogen-bond acceptors (Lipinski definition) is 4. The smallest absolute Gasteiger partial charge is 0.151 e. The lowest BCUT2D eigenvalue weighted by Crippen LogP contribution is -2.39. The van der Waals surface area contributed by atoms with E-state index in [4.69, 9.17) is 5.73 Å². The van der Waals surface area contributed by atoms with E-state index < -0.39 is 0 Å². The number of rotatable bonds is 1. The summed E-state index contributed by atoms with van der Waals surface area (Å²) in [5.74, 6) is 0.775. The Morgan fingerprint density at radius 3 is 3.07 bits per heavy atom. The van der Waals surface area contributed by atoms with Crippen LogP contribution in [0.3, 0.4) is 0 Å². The third-order valence-corrected chi connectivity index (χ3v) is 2.99. The van der Waals surface area contributed by atoms with Gasteiger partial charge in [0, 0.05) is 23.8 Å². The molecule has 82 valence electrons. The highest BCUT2D eigenvalue weighted by molar-refractivity contribution is 9.10. The number of nitrogen functional groups attached to an aromatic ring is 1. The number of nitrogens with zero attached hydrogens (tertiary/aromatic N) is 2. The highest BCUT2D eigenvalue weighted by Crippen LogP contribution is 2.26. The largest absolute Gasteiger partial charge is 0.396 e. The Hall–Kier alpha value is -0.810. The van der Waals surface area contributed by atoms with Crippen molar-refractivity contribution < 1.29 is 5.11 Å². The number of aliphatic hydroxyl groups excluding tert-OH is 1. The topological polar surface area (TPSA) is 62.4 Å². The molecule has 1 aliphatic rings. The van der Waals surface area contributed by atoms with Gasteiger partial charge in [-0.15, -0.1) is 0 Å². The monoisotopic (exact) mass is 271 g/mol. The lowest BCUT2D eigenvalue weighted by Gasteiger charge is -2.31. The van der Waals surface area contributed by atoms with Gasteiger partial charge in [0.25, 0.3) is 0 Å². The zero-order valence-corrected chi connectivity index (χ0v) is 9.94. The molecule has 1 aliphatic heterocycles. The second-order valence-electron chi connectivity index (χ2n) is 3.81. The average Bonchev–Trinajstić information content (AvgIpc) is 2.17. The molecule has 0 spiro atoms. The molecule has 0 bridgehead atoms. The molecule has 1 saturated heterocycles. The van der Waals surface area contributed by atoms with Crippen molar-refractivity contribution in [3.8, 4) is 0 Å². The second-order valence-corrected chi connectivity index (χ2v) is 4.72. The third-order valence-electron chi connectivity index (χ3n) is 2.56. The number of halogens is 1. The van der Waals surface area contributed by atoms with Crippen LogP contribution in [0.15, 0.2) is 16.7 Å². The molecule has 0 saturated carbocycles. The van der Waals surface area contributed by atoms with E-state index in [9.17, 15) is 5.11 Å². The fourth-order valence-corrected chi connectivity index (χ4v) is 2.21. The van der Waals surface area contributed by atoms with E-state index in [1.807, 2.05) is 11.0 Å². The van der Waals surface area contributed by atoms with Gasteiger partial charge in [0.05, 0.1) is 11.8 Å². The van der Waals surface area contributed by atoms with Crippen molar-refractivity contribution in [3.63, 3.8) is 0 Å². The summed E-state index contributed by atoms with van der Waals surface area (Å²) in [7, 11) is 0. The van der Waals surface area contributed by atoms with Crippen LogP contribution < -0.4 is 10.6 Å². The number of nitrogens with two attached hydrogens (primary N) is 1. The summed E-state index contributed by atoms with van der Waals surface area (Å²) in [6.07, 6.45) is 3.32. The van der Waals surface area contributed by atoms with E-state index in [-0.39, 0.29) is 6.10 Å². The van der Waals surface area contributed by atoms with Gasteiger partial charge < -0.3 is 15.7 Å². The molecule has 1 aromatic rings. The summed E-state index contributed by atoms with van der Waals surface area (Å²) in [6.45, 7) is 1.54. The number of β-amino-alcohol motifs (C(OH)–C–C–N with tert-alkyl or cyclic N) is 1. The van der Waals surface area contributed by atoms with Crippen LogP contribution in [0.4, 0.5) is 11.5 Å². The summed E-state index contributed by atoms with van der Waals surface area (Å²) >= 11 is 3.32. The standard InChI is InChI=1S/C10H14BrN3O/c11-7-4-9(12)10(13-5-7)14-3-1-2-8(15)6-14/h4-5,8,15H,1-3,6,12H2. The van der Waals surface area contributed by atoms with Gasteiger partial charge in [0.15, 0.2) is 5.82 Å². The van der Waals surface area contributed by atoms with Gasteiger partial charge in [-0.3, -0.25) is 0 Å². The number of pyridine rings is 1. The lowest BCUT2D eigenvalue weighted by molar-refractivity contribution is 0.154. The van der Waals surface area contributed by atoms with Gasteiger partial charge in [0.1, 0.15) is 0 Å². The summed E-state index contributed by atoms with van der Waals surface area (Å²) in [5.41, 5.74) is 6.53. The fourth-order valence-electron chi connectivity index (χ4n) is 1.86. The van der Waals surface area contributed by atoms with Crippen LogP contribution in [-0.2, 0) is 0 Å². The predicted molar refractivity (Wildman–Crippen MR) is 63.8 cm³/mol. The van der Waals surface area contributed by atoms with Crippen molar-refractivity contribution in [2.45, 2.75) is 18.9 Å². The van der Waals surface area contributed by atoms with E-state index in [1.54, 1.807) is 6.20 Å². The quantitative estimate of drug-likeness (QED) is 0.811. The summed E-state index contributed by atoms with van der Waals surface area (Å²) in [6, 6.07) is 1.84. The lowest BCUT2D eigenvalue weighted by atomic mass is 10.1. The molecule has 0 aromatic carbocycles. The molecule has 1 fully saturated rings. The van der Waals surface area contributed by atoms with E-state index in [0.29, 0.717) is 12.2 Å². The van der Waals surface area contributed by atoms with Crippen LogP contribution in [-0.4, -0.2) is 29.3 Å². The molecular formula is C10H14BrN3O. The Labute approximate surface area is 97.2 Å². The van der Waals surface area contributed by atoms with E-state index in [1.165, 1.54) is 0 Å². The van der Waals surface area contributed by atoms with Crippen LogP contribution in [0.5, 0.6) is 0 Å². The maximum atomic E-state index is 9.57. The molecule has 1 unspecified atom stereocenters. The molecule has 5 heteroatoms. The first-order valence-electron chi connectivity index (χ1n) is 5.01. The van der Waals surface area contributed by atoms with Gasteiger partial charge >= 0.3 is 0 Å². The minimum Gasteiger partial charge on any atom is -0.396 e. The SMILES string of the molecule is Nc1cc(Br)cnc1N1CCCC(O)C1. The minimum atomic E-state index is -0.261. The van der Waals surface area contributed by atoms with Crippen molar-refractivity contribution in [2.75, 3.05) is 23.7 Å². The van der Waals surface area contributed by atoms with Gasteiger partial charge in [-0.1, -0.05) is 0 Å². The predicted octanol–water partition coefficient (Wildman–Crippen LogP) is 1.39. The molecular weight excluding hydrogens is 258 g/mol. The highest BCUT2D eigenvalue weighted by atomic mass is 79.9. The Bertz CT molecular complexity index is 359. The number of piperidine rings is 1. The van der Waals surface area contributed by atoms with Gasteiger partial charge in [-0.25, -0.2) is 4.98 Å². The maximum Gasteiger partial charge on any atom is 0.151 e. The second kappa shape index (κ2) is 4.37. The number of hydrogen-bond donors (Lipinski definition) is 2. The van der Waals surface area contributed by atoms with Crippen molar-refractivity contribution in [3.05, 3.63) is 16.7 Å².